The van der Waals surface area contributed by atoms with Gasteiger partial charge in [0.25, 0.3) is 0 Å². The normalized spacial score (nSPS) is 18.8. The van der Waals surface area contributed by atoms with E-state index in [-0.39, 0.29) is 11.9 Å². The Morgan fingerprint density at radius 1 is 1.25 bits per heavy atom. The Kier molecular flexibility index (Phi) is 5.88. The van der Waals surface area contributed by atoms with Crippen molar-refractivity contribution in [1.82, 2.24) is 15.6 Å². The fraction of sp³-hybridized carbons (Fsp3) is 0.368. The van der Waals surface area contributed by atoms with Crippen LogP contribution in [0.1, 0.15) is 24.9 Å². The zero-order valence-corrected chi connectivity index (χ0v) is 14.7. The highest BCUT2D eigenvalue weighted by Gasteiger charge is 2.18. The number of carbonyl (C=O) groups is 1. The molecule has 2 heterocycles. The molecule has 1 aliphatic rings. The fourth-order valence-electron chi connectivity index (χ4n) is 2.87. The van der Waals surface area contributed by atoms with Crippen molar-refractivity contribution in [2.45, 2.75) is 25.4 Å². The van der Waals surface area contributed by atoms with Crippen molar-refractivity contribution in [3.05, 3.63) is 54.4 Å². The maximum absolute atomic E-state index is 12.2. The zero-order valence-electron chi connectivity index (χ0n) is 13.9. The van der Waals surface area contributed by atoms with Crippen LogP contribution in [0, 0.1) is 0 Å². The van der Waals surface area contributed by atoms with Crippen LogP contribution in [0.2, 0.25) is 0 Å². The lowest BCUT2D eigenvalue weighted by Gasteiger charge is -2.23. The van der Waals surface area contributed by atoms with Crippen LogP contribution in [-0.4, -0.2) is 35.0 Å². The second-order valence-corrected chi connectivity index (χ2v) is 7.23. The highest BCUT2D eigenvalue weighted by molar-refractivity contribution is 7.99. The average Bonchev–Trinajstić information content (AvgIpc) is 2.63. The molecule has 1 aromatic carbocycles. The number of nitrogens with one attached hydrogen (secondary N) is 2. The predicted octanol–water partition coefficient (Wildman–Crippen LogP) is 3.02. The molecule has 0 spiro atoms. The molecule has 1 amide bonds. The molecule has 126 valence electrons. The van der Waals surface area contributed by atoms with Gasteiger partial charge in [0.1, 0.15) is 0 Å². The first kappa shape index (κ1) is 17.0. The Balaban J connectivity index is 1.56. The number of amides is 1. The van der Waals surface area contributed by atoms with Crippen LogP contribution in [0.5, 0.6) is 0 Å². The molecular formula is C19H23N3OS. The Morgan fingerprint density at radius 2 is 1.96 bits per heavy atom. The second kappa shape index (κ2) is 8.31. The minimum Gasteiger partial charge on any atom is -0.350 e. The van der Waals surface area contributed by atoms with E-state index in [9.17, 15) is 4.79 Å². The Labute approximate surface area is 147 Å². The number of rotatable bonds is 5. The first-order valence-electron chi connectivity index (χ1n) is 8.33. The molecule has 0 saturated carbocycles. The van der Waals surface area contributed by atoms with Crippen LogP contribution in [0.4, 0.5) is 0 Å². The average molecular weight is 341 g/mol. The van der Waals surface area contributed by atoms with Crippen molar-refractivity contribution in [2.75, 3.05) is 18.1 Å². The van der Waals surface area contributed by atoms with Crippen molar-refractivity contribution >= 4 is 17.7 Å². The van der Waals surface area contributed by atoms with Gasteiger partial charge in [-0.3, -0.25) is 9.78 Å². The molecule has 0 radical (unpaired) electrons. The third-order valence-electron chi connectivity index (χ3n) is 4.23. The number of aromatic nitrogens is 1. The summed E-state index contributed by atoms with van der Waals surface area (Å²) in [6.45, 7) is 3.02. The lowest BCUT2D eigenvalue weighted by atomic mass is 10.0. The number of nitrogens with zero attached hydrogens (tertiary/aromatic N) is 1. The largest absolute Gasteiger partial charge is 0.350 e. The number of benzene rings is 1. The smallest absolute Gasteiger partial charge is 0.222 e. The molecule has 1 aliphatic heterocycles. The van der Waals surface area contributed by atoms with Crippen LogP contribution < -0.4 is 10.6 Å². The Morgan fingerprint density at radius 3 is 2.62 bits per heavy atom. The molecule has 3 rings (SSSR count). The number of pyridine rings is 1. The van der Waals surface area contributed by atoms with Crippen molar-refractivity contribution in [3.8, 4) is 11.1 Å². The minimum atomic E-state index is 0.0141. The summed E-state index contributed by atoms with van der Waals surface area (Å²) in [5.41, 5.74) is 3.42. The molecule has 2 N–H and O–H groups in total. The molecule has 4 nitrogen and oxygen atoms in total. The summed E-state index contributed by atoms with van der Waals surface area (Å²) in [4.78, 5) is 16.3. The number of hydrogen-bond acceptors (Lipinski definition) is 4. The van der Waals surface area contributed by atoms with E-state index in [0.29, 0.717) is 12.5 Å². The van der Waals surface area contributed by atoms with Crippen molar-refractivity contribution in [3.63, 3.8) is 0 Å². The van der Waals surface area contributed by atoms with E-state index in [2.05, 4.69) is 39.9 Å². The topological polar surface area (TPSA) is 54.0 Å². The summed E-state index contributed by atoms with van der Waals surface area (Å²) in [5.74, 6) is 2.27. The van der Waals surface area contributed by atoms with Gasteiger partial charge >= 0.3 is 0 Å². The summed E-state index contributed by atoms with van der Waals surface area (Å²) >= 11 is 1.91. The van der Waals surface area contributed by atoms with Gasteiger partial charge in [0, 0.05) is 42.9 Å². The zero-order chi connectivity index (χ0) is 16.8. The van der Waals surface area contributed by atoms with Crippen molar-refractivity contribution in [2.24, 2.45) is 0 Å². The summed E-state index contributed by atoms with van der Waals surface area (Å²) in [5, 5.41) is 6.51. The van der Waals surface area contributed by atoms with Gasteiger partial charge in [0.15, 0.2) is 0 Å². The maximum Gasteiger partial charge on any atom is 0.222 e. The van der Waals surface area contributed by atoms with Crippen molar-refractivity contribution in [1.29, 1.82) is 0 Å². The SMILES string of the molecule is CC(NC(=O)CC1CSCCN1)c1ccc(-c2ccncc2)cc1. The monoisotopic (exact) mass is 341 g/mol. The van der Waals surface area contributed by atoms with Gasteiger partial charge in [-0.1, -0.05) is 24.3 Å². The highest BCUT2D eigenvalue weighted by Crippen LogP contribution is 2.21. The molecular weight excluding hydrogens is 318 g/mol. The van der Waals surface area contributed by atoms with E-state index in [1.165, 1.54) is 0 Å². The molecule has 0 bridgehead atoms. The first-order chi connectivity index (χ1) is 11.7. The number of hydrogen-bond donors (Lipinski definition) is 2. The molecule has 1 fully saturated rings. The van der Waals surface area contributed by atoms with Gasteiger partial charge in [-0.2, -0.15) is 11.8 Å². The Hall–Kier alpha value is -1.85. The first-order valence-corrected chi connectivity index (χ1v) is 9.48. The summed E-state index contributed by atoms with van der Waals surface area (Å²) in [7, 11) is 0. The second-order valence-electron chi connectivity index (χ2n) is 6.08. The van der Waals surface area contributed by atoms with Gasteiger partial charge in [-0.05, 0) is 35.7 Å². The Bertz CT molecular complexity index is 654. The van der Waals surface area contributed by atoms with E-state index >= 15 is 0 Å². The summed E-state index contributed by atoms with van der Waals surface area (Å²) in [6, 6.07) is 12.6. The van der Waals surface area contributed by atoms with Gasteiger partial charge in [0.05, 0.1) is 6.04 Å². The third kappa shape index (κ3) is 4.58. The quantitative estimate of drug-likeness (QED) is 0.878. The minimum absolute atomic E-state index is 0.0141. The van der Waals surface area contributed by atoms with E-state index in [0.717, 1.165) is 34.7 Å². The molecule has 5 heteroatoms. The van der Waals surface area contributed by atoms with Crippen LogP contribution >= 0.6 is 11.8 Å². The molecule has 2 aromatic rings. The lowest BCUT2D eigenvalue weighted by Crippen LogP contribution is -2.41. The molecule has 2 unspecified atom stereocenters. The van der Waals surface area contributed by atoms with Gasteiger partial charge in [-0.25, -0.2) is 0 Å². The van der Waals surface area contributed by atoms with Crippen LogP contribution in [0.25, 0.3) is 11.1 Å². The third-order valence-corrected chi connectivity index (χ3v) is 5.36. The van der Waals surface area contributed by atoms with Crippen molar-refractivity contribution < 1.29 is 4.79 Å². The molecule has 2 atom stereocenters. The van der Waals surface area contributed by atoms with E-state index in [1.807, 2.05) is 30.8 Å². The highest BCUT2D eigenvalue weighted by atomic mass is 32.2. The molecule has 1 saturated heterocycles. The standard InChI is InChI=1S/C19H23N3OS/c1-14(22-19(23)12-18-13-24-11-10-21-18)15-2-4-16(5-3-15)17-6-8-20-9-7-17/h2-9,14,18,21H,10-13H2,1H3,(H,22,23). The van der Waals surface area contributed by atoms with Gasteiger partial charge < -0.3 is 10.6 Å². The molecule has 1 aromatic heterocycles. The summed E-state index contributed by atoms with van der Waals surface area (Å²) in [6.07, 6.45) is 4.14. The lowest BCUT2D eigenvalue weighted by molar-refractivity contribution is -0.122. The fourth-order valence-corrected chi connectivity index (χ4v) is 3.82. The van der Waals surface area contributed by atoms with E-state index in [1.54, 1.807) is 12.4 Å². The maximum atomic E-state index is 12.2. The molecule has 0 aliphatic carbocycles. The van der Waals surface area contributed by atoms with Crippen LogP contribution in [0.3, 0.4) is 0 Å². The van der Waals surface area contributed by atoms with Gasteiger partial charge in [0.2, 0.25) is 5.91 Å². The predicted molar refractivity (Wildman–Crippen MR) is 100.0 cm³/mol. The summed E-state index contributed by atoms with van der Waals surface area (Å²) < 4.78 is 0. The van der Waals surface area contributed by atoms with Crippen LogP contribution in [-0.2, 0) is 4.79 Å². The van der Waals surface area contributed by atoms with E-state index < -0.39 is 0 Å². The number of carbonyl (C=O) groups excluding carboxylic acids is 1. The number of thioether (sulfide) groups is 1. The van der Waals surface area contributed by atoms with E-state index in [4.69, 9.17) is 0 Å². The van der Waals surface area contributed by atoms with Gasteiger partial charge in [-0.15, -0.1) is 0 Å². The van der Waals surface area contributed by atoms with Crippen LogP contribution in [0.15, 0.2) is 48.8 Å². The molecule has 24 heavy (non-hydrogen) atoms.